The highest BCUT2D eigenvalue weighted by atomic mass is 32.2. The Morgan fingerprint density at radius 2 is 1.90 bits per heavy atom. The van der Waals surface area contributed by atoms with Gasteiger partial charge in [0, 0.05) is 13.1 Å². The fourth-order valence-electron chi connectivity index (χ4n) is 2.72. The number of nitrogens with zero attached hydrogens (tertiary/aromatic N) is 2. The molecule has 0 saturated heterocycles. The first-order valence-electron chi connectivity index (χ1n) is 7.04. The number of nitriles is 1. The van der Waals surface area contributed by atoms with Crippen LogP contribution < -0.4 is 0 Å². The van der Waals surface area contributed by atoms with E-state index in [0.717, 1.165) is 37.8 Å². The molecular formula is C15H19FN2O2S. The van der Waals surface area contributed by atoms with Crippen molar-refractivity contribution in [2.45, 2.75) is 43.5 Å². The molecule has 0 heterocycles. The van der Waals surface area contributed by atoms with E-state index >= 15 is 0 Å². The molecule has 21 heavy (non-hydrogen) atoms. The van der Waals surface area contributed by atoms with E-state index in [-0.39, 0.29) is 16.5 Å². The largest absolute Gasteiger partial charge is 0.243 e. The van der Waals surface area contributed by atoms with Crippen LogP contribution in [0.1, 0.15) is 38.2 Å². The first-order chi connectivity index (χ1) is 9.86. The molecule has 0 radical (unpaired) electrons. The van der Waals surface area contributed by atoms with Gasteiger partial charge in [0.15, 0.2) is 0 Å². The minimum absolute atomic E-state index is 0.0261. The van der Waals surface area contributed by atoms with E-state index < -0.39 is 15.8 Å². The average Bonchev–Trinajstić information content (AvgIpc) is 2.47. The minimum atomic E-state index is -3.69. The SMILES string of the molecule is CC1CCC(N(C)S(=O)(=O)c2ccc(F)c(C#N)c2)CC1. The summed E-state index contributed by atoms with van der Waals surface area (Å²) in [4.78, 5) is -0.0263. The molecule has 0 N–H and O–H groups in total. The molecule has 1 fully saturated rings. The van der Waals surface area contributed by atoms with Crippen molar-refractivity contribution in [2.24, 2.45) is 5.92 Å². The first-order valence-corrected chi connectivity index (χ1v) is 8.48. The van der Waals surface area contributed by atoms with Gasteiger partial charge in [-0.15, -0.1) is 0 Å². The zero-order valence-corrected chi connectivity index (χ0v) is 13.0. The predicted octanol–water partition coefficient (Wildman–Crippen LogP) is 2.90. The maximum Gasteiger partial charge on any atom is 0.243 e. The molecule has 0 atom stereocenters. The number of hydrogen-bond acceptors (Lipinski definition) is 3. The fraction of sp³-hybridized carbons (Fsp3) is 0.533. The lowest BCUT2D eigenvalue weighted by Gasteiger charge is -2.32. The molecule has 1 aromatic carbocycles. The van der Waals surface area contributed by atoms with E-state index in [0.29, 0.717) is 5.92 Å². The predicted molar refractivity (Wildman–Crippen MR) is 77.5 cm³/mol. The van der Waals surface area contributed by atoms with Gasteiger partial charge in [-0.3, -0.25) is 0 Å². The van der Waals surface area contributed by atoms with Crippen molar-refractivity contribution < 1.29 is 12.8 Å². The van der Waals surface area contributed by atoms with Crippen LogP contribution in [0.15, 0.2) is 23.1 Å². The number of hydrogen-bond donors (Lipinski definition) is 0. The van der Waals surface area contributed by atoms with Crippen LogP contribution in [0.25, 0.3) is 0 Å². The van der Waals surface area contributed by atoms with Crippen LogP contribution in [0.5, 0.6) is 0 Å². The van der Waals surface area contributed by atoms with Crippen LogP contribution in [0, 0.1) is 23.1 Å². The third-order valence-electron chi connectivity index (χ3n) is 4.23. The fourth-order valence-corrected chi connectivity index (χ4v) is 4.16. The van der Waals surface area contributed by atoms with E-state index in [4.69, 9.17) is 5.26 Å². The molecule has 1 aromatic rings. The van der Waals surface area contributed by atoms with Crippen molar-refractivity contribution in [2.75, 3.05) is 7.05 Å². The lowest BCUT2D eigenvalue weighted by atomic mass is 9.87. The Bertz CT molecular complexity index is 659. The summed E-state index contributed by atoms with van der Waals surface area (Å²) in [6.45, 7) is 2.17. The van der Waals surface area contributed by atoms with Crippen LogP contribution in [0.2, 0.25) is 0 Å². The normalized spacial score (nSPS) is 23.0. The van der Waals surface area contributed by atoms with Crippen LogP contribution >= 0.6 is 0 Å². The molecular weight excluding hydrogens is 291 g/mol. The van der Waals surface area contributed by atoms with E-state index in [1.165, 1.54) is 10.4 Å². The van der Waals surface area contributed by atoms with Crippen molar-refractivity contribution in [3.05, 3.63) is 29.6 Å². The monoisotopic (exact) mass is 310 g/mol. The maximum atomic E-state index is 13.3. The molecule has 1 saturated carbocycles. The molecule has 0 aliphatic heterocycles. The average molecular weight is 310 g/mol. The van der Waals surface area contributed by atoms with Gasteiger partial charge in [-0.05, 0) is 49.8 Å². The van der Waals surface area contributed by atoms with Gasteiger partial charge in [0.1, 0.15) is 11.9 Å². The van der Waals surface area contributed by atoms with Crippen LogP contribution in [0.3, 0.4) is 0 Å². The Morgan fingerprint density at radius 3 is 2.48 bits per heavy atom. The highest BCUT2D eigenvalue weighted by Gasteiger charge is 2.30. The second-order valence-corrected chi connectivity index (χ2v) is 7.69. The van der Waals surface area contributed by atoms with Gasteiger partial charge in [0.05, 0.1) is 10.5 Å². The van der Waals surface area contributed by atoms with Gasteiger partial charge < -0.3 is 0 Å². The number of sulfonamides is 1. The lowest BCUT2D eigenvalue weighted by Crippen LogP contribution is -2.39. The molecule has 1 aliphatic carbocycles. The zero-order chi connectivity index (χ0) is 15.6. The van der Waals surface area contributed by atoms with Gasteiger partial charge in [-0.1, -0.05) is 6.92 Å². The Balaban J connectivity index is 2.27. The lowest BCUT2D eigenvalue weighted by molar-refractivity contribution is 0.246. The topological polar surface area (TPSA) is 61.2 Å². The minimum Gasteiger partial charge on any atom is -0.207 e. The summed E-state index contributed by atoms with van der Waals surface area (Å²) in [5.74, 6) is -0.0704. The third kappa shape index (κ3) is 3.25. The van der Waals surface area contributed by atoms with E-state index in [9.17, 15) is 12.8 Å². The van der Waals surface area contributed by atoms with Crippen molar-refractivity contribution in [3.8, 4) is 6.07 Å². The first kappa shape index (κ1) is 15.9. The molecule has 1 aliphatic rings. The quantitative estimate of drug-likeness (QED) is 0.862. The molecule has 2 rings (SSSR count). The molecule has 0 spiro atoms. The van der Waals surface area contributed by atoms with Crippen LogP contribution in [-0.2, 0) is 10.0 Å². The number of halogens is 1. The maximum absolute atomic E-state index is 13.3. The van der Waals surface area contributed by atoms with Crippen molar-refractivity contribution >= 4 is 10.0 Å². The van der Waals surface area contributed by atoms with Crippen LogP contribution in [0.4, 0.5) is 4.39 Å². The Kier molecular flexibility index (Phi) is 4.64. The Hall–Kier alpha value is -1.45. The molecule has 0 unspecified atom stereocenters. The van der Waals surface area contributed by atoms with Gasteiger partial charge in [-0.2, -0.15) is 9.57 Å². The summed E-state index contributed by atoms with van der Waals surface area (Å²) < 4.78 is 39.9. The highest BCUT2D eigenvalue weighted by Crippen LogP contribution is 2.29. The van der Waals surface area contributed by atoms with E-state index in [1.807, 2.05) is 0 Å². The van der Waals surface area contributed by atoms with Gasteiger partial charge in [0.25, 0.3) is 0 Å². The van der Waals surface area contributed by atoms with Crippen molar-refractivity contribution in [1.82, 2.24) is 4.31 Å². The van der Waals surface area contributed by atoms with E-state index in [2.05, 4.69) is 6.92 Å². The molecule has 0 amide bonds. The third-order valence-corrected chi connectivity index (χ3v) is 6.14. The number of benzene rings is 1. The summed E-state index contributed by atoms with van der Waals surface area (Å²) in [5.41, 5.74) is -0.248. The second kappa shape index (κ2) is 6.12. The van der Waals surface area contributed by atoms with E-state index in [1.54, 1.807) is 13.1 Å². The molecule has 0 bridgehead atoms. The van der Waals surface area contributed by atoms with Crippen LogP contribution in [-0.4, -0.2) is 25.8 Å². The summed E-state index contributed by atoms with van der Waals surface area (Å²) in [7, 11) is -2.13. The molecule has 0 aromatic heterocycles. The molecule has 114 valence electrons. The van der Waals surface area contributed by atoms with Gasteiger partial charge >= 0.3 is 0 Å². The van der Waals surface area contributed by atoms with Crippen molar-refractivity contribution in [1.29, 1.82) is 5.26 Å². The molecule has 6 heteroatoms. The smallest absolute Gasteiger partial charge is 0.207 e. The summed E-state index contributed by atoms with van der Waals surface area (Å²) in [5, 5.41) is 8.83. The Morgan fingerprint density at radius 1 is 1.29 bits per heavy atom. The second-order valence-electron chi connectivity index (χ2n) is 5.69. The van der Waals surface area contributed by atoms with Gasteiger partial charge in [0.2, 0.25) is 10.0 Å². The summed E-state index contributed by atoms with van der Waals surface area (Å²) in [6.07, 6.45) is 3.70. The standard InChI is InChI=1S/C15H19FN2O2S/c1-11-3-5-13(6-4-11)18(2)21(19,20)14-7-8-15(16)12(9-14)10-17/h7-9,11,13H,3-6H2,1-2H3. The van der Waals surface area contributed by atoms with Gasteiger partial charge in [-0.25, -0.2) is 12.8 Å². The number of rotatable bonds is 3. The highest BCUT2D eigenvalue weighted by molar-refractivity contribution is 7.89. The Labute approximate surface area is 125 Å². The summed E-state index contributed by atoms with van der Waals surface area (Å²) in [6, 6.07) is 5.00. The zero-order valence-electron chi connectivity index (χ0n) is 12.2. The van der Waals surface area contributed by atoms with Crippen molar-refractivity contribution in [3.63, 3.8) is 0 Å². The molecule has 4 nitrogen and oxygen atoms in total. The summed E-state index contributed by atoms with van der Waals surface area (Å²) >= 11 is 0.